The molecule has 0 aromatic heterocycles. The first-order valence-corrected chi connectivity index (χ1v) is 2.58. The molecular weight excluding hydrogens is 138 g/mol. The summed E-state index contributed by atoms with van der Waals surface area (Å²) in [5, 5.41) is 0. The van der Waals surface area contributed by atoms with Crippen molar-refractivity contribution < 1.29 is 0 Å². The number of rotatable bonds is 0. The van der Waals surface area contributed by atoms with Gasteiger partial charge < -0.3 is 4.90 Å². The second-order valence-electron chi connectivity index (χ2n) is 2.01. The Kier molecular flexibility index (Phi) is 7.90. The summed E-state index contributed by atoms with van der Waals surface area (Å²) in [4.78, 5) is 2.36. The van der Waals surface area contributed by atoms with Crippen LogP contribution in [-0.2, 0) is 0 Å². The molecule has 1 rings (SSSR count). The smallest absolute Gasteiger partial charge is 0.00213 e. The highest BCUT2D eigenvalue weighted by atomic mass is 35.5. The van der Waals surface area contributed by atoms with Crippen LogP contribution < -0.4 is 0 Å². The molecule has 0 aromatic carbocycles. The average molecular weight is 154 g/mol. The third kappa shape index (κ3) is 3.47. The van der Waals surface area contributed by atoms with Gasteiger partial charge in [0.15, 0.2) is 0 Å². The minimum Gasteiger partial charge on any atom is -0.306 e. The van der Waals surface area contributed by atoms with Gasteiger partial charge in [-0.1, -0.05) is 0 Å². The Morgan fingerprint density at radius 1 is 1.12 bits per heavy atom. The van der Waals surface area contributed by atoms with Crippen molar-refractivity contribution in [2.45, 2.75) is 12.8 Å². The van der Waals surface area contributed by atoms with Gasteiger partial charge in [-0.25, -0.2) is 0 Å². The van der Waals surface area contributed by atoms with Crippen molar-refractivity contribution in [3.05, 3.63) is 0 Å². The first kappa shape index (κ1) is 11.3. The summed E-state index contributed by atoms with van der Waals surface area (Å²) >= 11 is 0. The normalized spacial score (nSPS) is 19.1. The average Bonchev–Trinajstić information content (AvgIpc) is 1.86. The molecule has 1 saturated heterocycles. The minimum atomic E-state index is 0. The van der Waals surface area contributed by atoms with Crippen molar-refractivity contribution in [1.29, 1.82) is 0 Å². The fourth-order valence-corrected chi connectivity index (χ4v) is 0.875. The van der Waals surface area contributed by atoms with E-state index in [4.69, 9.17) is 0 Å². The Bertz CT molecular complexity index is 45.7. The van der Waals surface area contributed by atoms with Crippen LogP contribution in [0.4, 0.5) is 0 Å². The van der Waals surface area contributed by atoms with E-state index in [-0.39, 0.29) is 23.4 Å². The lowest BCUT2D eigenvalue weighted by molar-refractivity contribution is 0.418. The Labute approximate surface area is 61.9 Å². The van der Waals surface area contributed by atoms with Crippen molar-refractivity contribution in [2.75, 3.05) is 20.1 Å². The van der Waals surface area contributed by atoms with Gasteiger partial charge in [0, 0.05) is 0 Å². The van der Waals surface area contributed by atoms with Crippen molar-refractivity contribution in [3.8, 4) is 0 Å². The molecule has 0 unspecified atom stereocenters. The van der Waals surface area contributed by atoms with E-state index < -0.39 is 0 Å². The molecule has 1 heterocycles. The van der Waals surface area contributed by atoms with Gasteiger partial charge in [0.2, 0.25) is 0 Å². The maximum absolute atomic E-state index is 2.36. The first-order valence-electron chi connectivity index (χ1n) is 2.58. The SMILES string of the molecule is CN1CCCC1.Cl.[SiH4]. The van der Waals surface area contributed by atoms with E-state index in [9.17, 15) is 0 Å². The quantitative estimate of drug-likeness (QED) is 0.432. The van der Waals surface area contributed by atoms with Gasteiger partial charge in [0.05, 0.1) is 0 Å². The van der Waals surface area contributed by atoms with Gasteiger partial charge in [-0.3, -0.25) is 0 Å². The lowest BCUT2D eigenvalue weighted by Gasteiger charge is -2.01. The van der Waals surface area contributed by atoms with Crippen LogP contribution in [0.25, 0.3) is 0 Å². The maximum atomic E-state index is 2.36. The zero-order chi connectivity index (χ0) is 4.41. The van der Waals surface area contributed by atoms with Crippen LogP contribution in [0.2, 0.25) is 0 Å². The van der Waals surface area contributed by atoms with Crippen LogP contribution in [0.3, 0.4) is 0 Å². The fraction of sp³-hybridized carbons (Fsp3) is 1.00. The third-order valence-electron chi connectivity index (χ3n) is 1.33. The van der Waals surface area contributed by atoms with Crippen LogP contribution in [0.1, 0.15) is 12.8 Å². The van der Waals surface area contributed by atoms with Crippen LogP contribution >= 0.6 is 12.4 Å². The van der Waals surface area contributed by atoms with Gasteiger partial charge in [-0.2, -0.15) is 0 Å². The van der Waals surface area contributed by atoms with E-state index in [0.717, 1.165) is 0 Å². The van der Waals surface area contributed by atoms with Crippen LogP contribution in [0, 0.1) is 0 Å². The van der Waals surface area contributed by atoms with Gasteiger partial charge >= 0.3 is 0 Å². The summed E-state index contributed by atoms with van der Waals surface area (Å²) in [7, 11) is 2.17. The lowest BCUT2D eigenvalue weighted by atomic mass is 10.4. The Balaban J connectivity index is 0. The third-order valence-corrected chi connectivity index (χ3v) is 1.33. The van der Waals surface area contributed by atoms with Crippen LogP contribution in [0.5, 0.6) is 0 Å². The van der Waals surface area contributed by atoms with Gasteiger partial charge in [-0.15, -0.1) is 12.4 Å². The molecule has 52 valence electrons. The van der Waals surface area contributed by atoms with Crippen molar-refractivity contribution in [2.24, 2.45) is 0 Å². The maximum Gasteiger partial charge on any atom is -0.00213 e. The first-order chi connectivity index (χ1) is 2.89. The van der Waals surface area contributed by atoms with E-state index in [1.807, 2.05) is 0 Å². The molecule has 1 nitrogen and oxygen atoms in total. The van der Waals surface area contributed by atoms with Gasteiger partial charge in [0.25, 0.3) is 0 Å². The van der Waals surface area contributed by atoms with E-state index in [1.54, 1.807) is 0 Å². The molecule has 1 aliphatic rings. The molecule has 0 aliphatic carbocycles. The molecule has 8 heavy (non-hydrogen) atoms. The summed E-state index contributed by atoms with van der Waals surface area (Å²) in [6, 6.07) is 0. The number of hydrogen-bond donors (Lipinski definition) is 0. The molecule has 0 bridgehead atoms. The molecule has 3 heteroatoms. The number of halogens is 1. The minimum absolute atomic E-state index is 0. The monoisotopic (exact) mass is 153 g/mol. The van der Waals surface area contributed by atoms with Crippen molar-refractivity contribution >= 4 is 23.4 Å². The molecule has 0 spiro atoms. The molecule has 1 fully saturated rings. The Morgan fingerprint density at radius 3 is 1.62 bits per heavy atom. The molecule has 0 aromatic rings. The predicted molar refractivity (Wildman–Crippen MR) is 45.3 cm³/mol. The van der Waals surface area contributed by atoms with Crippen molar-refractivity contribution in [3.63, 3.8) is 0 Å². The van der Waals surface area contributed by atoms with Crippen molar-refractivity contribution in [1.82, 2.24) is 4.90 Å². The number of hydrogen-bond acceptors (Lipinski definition) is 1. The molecule has 0 atom stereocenters. The number of likely N-dealkylation sites (tertiary alicyclic amines) is 1. The van der Waals surface area contributed by atoms with Gasteiger partial charge in [-0.05, 0) is 43.9 Å². The predicted octanol–water partition coefficient (Wildman–Crippen LogP) is -0.318. The molecule has 0 radical (unpaired) electrons. The second-order valence-corrected chi connectivity index (χ2v) is 2.01. The van der Waals surface area contributed by atoms with E-state index in [2.05, 4.69) is 11.9 Å². The Morgan fingerprint density at radius 2 is 1.50 bits per heavy atom. The molecule has 1 aliphatic heterocycles. The summed E-state index contributed by atoms with van der Waals surface area (Å²) in [6.45, 7) is 2.64. The summed E-state index contributed by atoms with van der Waals surface area (Å²) in [5.74, 6) is 0. The summed E-state index contributed by atoms with van der Waals surface area (Å²) in [6.07, 6.45) is 2.83. The molecule has 0 amide bonds. The largest absolute Gasteiger partial charge is 0.306 e. The molecule has 0 saturated carbocycles. The van der Waals surface area contributed by atoms with E-state index >= 15 is 0 Å². The molecule has 0 N–H and O–H groups in total. The highest BCUT2D eigenvalue weighted by Gasteiger charge is 2.03. The topological polar surface area (TPSA) is 3.24 Å². The standard InChI is InChI=1S/C5H11N.ClH.H4Si/c1-6-4-2-3-5-6;;/h2-5H2,1H3;1H;1H4. The summed E-state index contributed by atoms with van der Waals surface area (Å²) < 4.78 is 0. The zero-order valence-corrected chi connectivity index (χ0v) is 5.50. The molecular formula is C5H16ClNSi. The second kappa shape index (κ2) is 5.60. The fourth-order valence-electron chi connectivity index (χ4n) is 0.875. The van der Waals surface area contributed by atoms with Crippen LogP contribution in [0.15, 0.2) is 0 Å². The van der Waals surface area contributed by atoms with Gasteiger partial charge in [0.1, 0.15) is 0 Å². The lowest BCUT2D eigenvalue weighted by Crippen LogP contribution is -2.10. The number of nitrogens with zero attached hydrogens (tertiary/aromatic N) is 1. The van der Waals surface area contributed by atoms with Crippen LogP contribution in [-0.4, -0.2) is 36.0 Å². The van der Waals surface area contributed by atoms with E-state index in [1.165, 1.54) is 25.9 Å². The zero-order valence-electron chi connectivity index (χ0n) is 4.68. The highest BCUT2D eigenvalue weighted by molar-refractivity contribution is 5.85. The highest BCUT2D eigenvalue weighted by Crippen LogP contribution is 2.01. The van der Waals surface area contributed by atoms with E-state index in [0.29, 0.717) is 0 Å². The Hall–Kier alpha value is 0.467. The summed E-state index contributed by atoms with van der Waals surface area (Å²) in [5.41, 5.74) is 0.